The second-order valence-electron chi connectivity index (χ2n) is 7.46. The second kappa shape index (κ2) is 8.47. The number of amides is 1. The molecule has 0 saturated heterocycles. The van der Waals surface area contributed by atoms with Crippen LogP contribution in [-0.4, -0.2) is 39.8 Å². The quantitative estimate of drug-likeness (QED) is 0.637. The van der Waals surface area contributed by atoms with E-state index in [0.29, 0.717) is 36.9 Å². The van der Waals surface area contributed by atoms with Crippen molar-refractivity contribution in [2.24, 2.45) is 0 Å². The summed E-state index contributed by atoms with van der Waals surface area (Å²) in [7, 11) is -3.72. The molecular weight excluding hydrogens is 416 g/mol. The summed E-state index contributed by atoms with van der Waals surface area (Å²) >= 11 is 0. The van der Waals surface area contributed by atoms with E-state index in [1.165, 1.54) is 0 Å². The van der Waals surface area contributed by atoms with Crippen LogP contribution in [0.2, 0.25) is 0 Å². The number of carbonyl (C=O) groups is 1. The van der Waals surface area contributed by atoms with Gasteiger partial charge in [-0.1, -0.05) is 36.4 Å². The number of rotatable bonds is 6. The monoisotopic (exact) mass is 440 g/mol. The van der Waals surface area contributed by atoms with Crippen molar-refractivity contribution < 1.29 is 22.7 Å². The van der Waals surface area contributed by atoms with Crippen LogP contribution in [0.15, 0.2) is 60.7 Å². The Morgan fingerprint density at radius 2 is 1.71 bits per heavy atom. The van der Waals surface area contributed by atoms with Crippen LogP contribution >= 0.6 is 0 Å². The van der Waals surface area contributed by atoms with Gasteiger partial charge in [0.2, 0.25) is 15.9 Å². The van der Waals surface area contributed by atoms with Crippen LogP contribution in [0.5, 0.6) is 11.5 Å². The van der Waals surface area contributed by atoms with E-state index in [9.17, 15) is 13.2 Å². The minimum atomic E-state index is -3.72. The van der Waals surface area contributed by atoms with Gasteiger partial charge >= 0.3 is 0 Å². The van der Waals surface area contributed by atoms with E-state index in [4.69, 9.17) is 9.47 Å². The zero-order valence-corrected chi connectivity index (χ0v) is 18.2. The molecule has 0 aromatic heterocycles. The highest BCUT2D eigenvalue weighted by molar-refractivity contribution is 7.92. The third kappa shape index (κ3) is 4.59. The minimum Gasteiger partial charge on any atom is -0.486 e. The predicted octanol–water partition coefficient (Wildman–Crippen LogP) is 3.08. The number of hydrogen-bond acceptors (Lipinski definition) is 5. The van der Waals surface area contributed by atoms with Crippen LogP contribution < -0.4 is 19.1 Å². The lowest BCUT2D eigenvalue weighted by atomic mass is 10.1. The molecule has 3 aromatic carbocycles. The number of fused-ring (bicyclic) bond motifs is 2. The number of nitrogens with one attached hydrogen (secondary N) is 1. The first-order valence-electron chi connectivity index (χ1n) is 9.97. The molecule has 0 spiro atoms. The third-order valence-electron chi connectivity index (χ3n) is 5.15. The average Bonchev–Trinajstić information content (AvgIpc) is 2.76. The Hall–Kier alpha value is -3.26. The molecule has 7 nitrogen and oxygen atoms in total. The Kier molecular flexibility index (Phi) is 5.73. The lowest BCUT2D eigenvalue weighted by Crippen LogP contribution is -2.47. The van der Waals surface area contributed by atoms with E-state index in [-0.39, 0.29) is 0 Å². The smallest absolute Gasteiger partial charge is 0.243 e. The van der Waals surface area contributed by atoms with E-state index < -0.39 is 22.0 Å². The lowest BCUT2D eigenvalue weighted by molar-refractivity contribution is -0.122. The van der Waals surface area contributed by atoms with Crippen LogP contribution in [-0.2, 0) is 21.4 Å². The Balaban J connectivity index is 1.52. The van der Waals surface area contributed by atoms with E-state index in [0.717, 1.165) is 26.9 Å². The molecule has 1 N–H and O–H groups in total. The van der Waals surface area contributed by atoms with Gasteiger partial charge in [0, 0.05) is 12.6 Å². The normalized spacial score (nSPS) is 14.1. The molecule has 0 bridgehead atoms. The molecule has 4 rings (SSSR count). The molecule has 0 fully saturated rings. The van der Waals surface area contributed by atoms with Gasteiger partial charge in [-0.2, -0.15) is 0 Å². The van der Waals surface area contributed by atoms with Gasteiger partial charge < -0.3 is 14.8 Å². The summed E-state index contributed by atoms with van der Waals surface area (Å²) in [5.74, 6) is 0.617. The highest BCUT2D eigenvalue weighted by Gasteiger charge is 2.30. The van der Waals surface area contributed by atoms with Crippen LogP contribution in [0, 0.1) is 0 Å². The van der Waals surface area contributed by atoms with Crippen molar-refractivity contribution in [1.82, 2.24) is 5.32 Å². The van der Waals surface area contributed by atoms with Crippen LogP contribution in [0.4, 0.5) is 5.69 Å². The lowest BCUT2D eigenvalue weighted by Gasteiger charge is -2.29. The van der Waals surface area contributed by atoms with Crippen LogP contribution in [0.1, 0.15) is 12.5 Å². The van der Waals surface area contributed by atoms with E-state index >= 15 is 0 Å². The molecule has 0 unspecified atom stereocenters. The summed E-state index contributed by atoms with van der Waals surface area (Å²) in [5, 5.41) is 5.05. The van der Waals surface area contributed by atoms with Gasteiger partial charge in [-0.15, -0.1) is 0 Å². The maximum atomic E-state index is 12.9. The van der Waals surface area contributed by atoms with Crippen molar-refractivity contribution >= 4 is 32.4 Å². The van der Waals surface area contributed by atoms with Gasteiger partial charge in [0.1, 0.15) is 19.3 Å². The third-order valence-corrected chi connectivity index (χ3v) is 6.39. The summed E-state index contributed by atoms with van der Waals surface area (Å²) in [6.45, 7) is 2.69. The fourth-order valence-electron chi connectivity index (χ4n) is 3.66. The first-order valence-corrected chi connectivity index (χ1v) is 11.8. The molecular formula is C23H24N2O5S. The molecule has 31 heavy (non-hydrogen) atoms. The number of nitrogens with zero attached hydrogens (tertiary/aromatic N) is 1. The van der Waals surface area contributed by atoms with Crippen molar-refractivity contribution in [3.8, 4) is 11.5 Å². The molecule has 1 heterocycles. The number of carbonyl (C=O) groups excluding carboxylic acids is 1. The summed E-state index contributed by atoms with van der Waals surface area (Å²) in [6.07, 6.45) is 1.08. The molecule has 0 saturated carbocycles. The SMILES string of the molecule is C[C@H](C(=O)NCc1ccc2ccccc2c1)N(c1ccc2c(c1)OCCO2)S(C)(=O)=O. The zero-order chi connectivity index (χ0) is 22.0. The van der Waals surface area contributed by atoms with Crippen LogP contribution in [0.3, 0.4) is 0 Å². The van der Waals surface area contributed by atoms with E-state index in [2.05, 4.69) is 5.32 Å². The fourth-order valence-corrected chi connectivity index (χ4v) is 4.83. The number of benzene rings is 3. The van der Waals surface area contributed by atoms with Crippen molar-refractivity contribution in [3.05, 3.63) is 66.2 Å². The summed E-state index contributed by atoms with van der Waals surface area (Å²) in [6, 6.07) is 17.8. The molecule has 8 heteroatoms. The highest BCUT2D eigenvalue weighted by atomic mass is 32.2. The molecule has 162 valence electrons. The maximum absolute atomic E-state index is 12.9. The Bertz CT molecular complexity index is 1230. The number of sulfonamides is 1. The predicted molar refractivity (Wildman–Crippen MR) is 120 cm³/mol. The summed E-state index contributed by atoms with van der Waals surface area (Å²) in [4.78, 5) is 12.9. The Morgan fingerprint density at radius 1 is 1.00 bits per heavy atom. The molecule has 1 atom stereocenters. The minimum absolute atomic E-state index is 0.298. The Labute approximate surface area is 181 Å². The fraction of sp³-hybridized carbons (Fsp3) is 0.261. The molecule has 3 aromatic rings. The van der Waals surface area contributed by atoms with Gasteiger partial charge in [0.25, 0.3) is 0 Å². The molecule has 1 amide bonds. The van der Waals surface area contributed by atoms with Crippen molar-refractivity contribution in [2.75, 3.05) is 23.8 Å². The van der Waals surface area contributed by atoms with Crippen molar-refractivity contribution in [3.63, 3.8) is 0 Å². The highest BCUT2D eigenvalue weighted by Crippen LogP contribution is 2.35. The van der Waals surface area contributed by atoms with E-state index in [1.54, 1.807) is 25.1 Å². The van der Waals surface area contributed by atoms with Gasteiger partial charge in [-0.3, -0.25) is 9.10 Å². The molecule has 1 aliphatic heterocycles. The Morgan fingerprint density at radius 3 is 2.45 bits per heavy atom. The topological polar surface area (TPSA) is 84.9 Å². The average molecular weight is 441 g/mol. The molecule has 1 aliphatic rings. The van der Waals surface area contributed by atoms with Gasteiger partial charge in [-0.25, -0.2) is 8.42 Å². The summed E-state index contributed by atoms with van der Waals surface area (Å²) < 4.78 is 37.2. The van der Waals surface area contributed by atoms with Crippen molar-refractivity contribution in [2.45, 2.75) is 19.5 Å². The number of anilines is 1. The van der Waals surface area contributed by atoms with Gasteiger partial charge in [0.15, 0.2) is 11.5 Å². The van der Waals surface area contributed by atoms with Gasteiger partial charge in [-0.05, 0) is 41.5 Å². The number of ether oxygens (including phenoxy) is 2. The number of hydrogen-bond donors (Lipinski definition) is 1. The largest absolute Gasteiger partial charge is 0.486 e. The standard InChI is InChI=1S/C23H24N2O5S/c1-16(23(26)24-15-17-7-8-18-5-3-4-6-19(18)13-17)25(31(2,27)28)20-9-10-21-22(14-20)30-12-11-29-21/h3-10,13-14,16H,11-12,15H2,1-2H3,(H,24,26)/t16-/m1/s1. The molecule has 0 radical (unpaired) electrons. The molecule has 0 aliphatic carbocycles. The first kappa shape index (κ1) is 21.0. The first-order chi connectivity index (χ1) is 14.8. The van der Waals surface area contributed by atoms with Gasteiger partial charge in [0.05, 0.1) is 11.9 Å². The second-order valence-corrected chi connectivity index (χ2v) is 9.32. The van der Waals surface area contributed by atoms with Crippen molar-refractivity contribution in [1.29, 1.82) is 0 Å². The van der Waals surface area contributed by atoms with Crippen LogP contribution in [0.25, 0.3) is 10.8 Å². The maximum Gasteiger partial charge on any atom is 0.243 e. The summed E-state index contributed by atoms with van der Waals surface area (Å²) in [5.41, 5.74) is 1.28. The van der Waals surface area contributed by atoms with E-state index in [1.807, 2.05) is 42.5 Å². The zero-order valence-electron chi connectivity index (χ0n) is 17.4.